The van der Waals surface area contributed by atoms with Crippen LogP contribution in [0, 0.1) is 5.41 Å². The van der Waals surface area contributed by atoms with Crippen LogP contribution in [0.2, 0.25) is 0 Å². The molecule has 0 radical (unpaired) electrons. The third-order valence-electron chi connectivity index (χ3n) is 4.91. The van der Waals surface area contributed by atoms with Gasteiger partial charge in [0, 0.05) is 5.57 Å². The number of ether oxygens (including phenoxy) is 1. The molecular weight excluding hydrogens is 244 g/mol. The molecule has 4 nitrogen and oxygen atoms in total. The monoisotopic (exact) mass is 264 g/mol. The van der Waals surface area contributed by atoms with Gasteiger partial charge in [0.25, 0.3) is 0 Å². The second-order valence-electron chi connectivity index (χ2n) is 6.44. The molecule has 1 fully saturated rings. The maximum Gasteiger partial charge on any atom is 0.337 e. The van der Waals surface area contributed by atoms with E-state index in [1.807, 2.05) is 13.0 Å². The van der Waals surface area contributed by atoms with E-state index in [2.05, 4.69) is 6.92 Å². The zero-order valence-electron chi connectivity index (χ0n) is 11.4. The third kappa shape index (κ3) is 1.77. The first-order valence-corrected chi connectivity index (χ1v) is 6.87. The summed E-state index contributed by atoms with van der Waals surface area (Å²) in [7, 11) is 0. The van der Waals surface area contributed by atoms with Gasteiger partial charge in [-0.05, 0) is 43.6 Å². The zero-order valence-corrected chi connectivity index (χ0v) is 11.4. The number of aliphatic hydroxyl groups is 2. The molecule has 0 aromatic carbocycles. The van der Waals surface area contributed by atoms with Gasteiger partial charge in [0.1, 0.15) is 6.10 Å². The molecule has 0 bridgehead atoms. The Balaban J connectivity index is 2.12. The predicted molar refractivity (Wildman–Crippen MR) is 69.3 cm³/mol. The second-order valence-corrected chi connectivity index (χ2v) is 6.44. The Hall–Kier alpha value is -1.13. The minimum Gasteiger partial charge on any atom is -0.454 e. The van der Waals surface area contributed by atoms with Crippen LogP contribution in [-0.4, -0.2) is 34.5 Å². The molecule has 0 saturated heterocycles. The summed E-state index contributed by atoms with van der Waals surface area (Å²) in [5, 5.41) is 19.9. The van der Waals surface area contributed by atoms with Gasteiger partial charge < -0.3 is 14.9 Å². The largest absolute Gasteiger partial charge is 0.454 e. The lowest BCUT2D eigenvalue weighted by Crippen LogP contribution is -2.45. The molecule has 2 aliphatic carbocycles. The SMILES string of the molecule is CC1(O)CCCC2(C)CC3OC(=O)C(CO)=C3C=C12. The lowest BCUT2D eigenvalue weighted by Gasteiger charge is -2.48. The molecular formula is C15H20O4. The topological polar surface area (TPSA) is 66.8 Å². The Labute approximate surface area is 112 Å². The summed E-state index contributed by atoms with van der Waals surface area (Å²) in [6, 6.07) is 0. The van der Waals surface area contributed by atoms with E-state index in [-0.39, 0.29) is 18.1 Å². The van der Waals surface area contributed by atoms with Gasteiger partial charge in [-0.3, -0.25) is 0 Å². The highest BCUT2D eigenvalue weighted by atomic mass is 16.5. The fourth-order valence-corrected chi connectivity index (χ4v) is 3.91. The van der Waals surface area contributed by atoms with E-state index in [1.54, 1.807) is 0 Å². The maximum atomic E-state index is 11.7. The molecule has 1 saturated carbocycles. The van der Waals surface area contributed by atoms with Crippen molar-refractivity contribution in [1.29, 1.82) is 0 Å². The predicted octanol–water partition coefficient (Wildman–Crippen LogP) is 1.47. The number of fused-ring (bicyclic) bond motifs is 2. The van der Waals surface area contributed by atoms with E-state index >= 15 is 0 Å². The quantitative estimate of drug-likeness (QED) is 0.704. The van der Waals surface area contributed by atoms with Crippen LogP contribution in [-0.2, 0) is 9.53 Å². The van der Waals surface area contributed by atoms with E-state index in [1.165, 1.54) is 0 Å². The molecule has 1 aliphatic heterocycles. The van der Waals surface area contributed by atoms with Gasteiger partial charge in [0.05, 0.1) is 17.8 Å². The highest BCUT2D eigenvalue weighted by molar-refractivity contribution is 5.93. The molecule has 3 unspecified atom stereocenters. The van der Waals surface area contributed by atoms with Crippen molar-refractivity contribution < 1.29 is 19.7 Å². The Kier molecular flexibility index (Phi) is 2.67. The lowest BCUT2D eigenvalue weighted by molar-refractivity contribution is -0.141. The third-order valence-corrected chi connectivity index (χ3v) is 4.91. The molecule has 3 aliphatic rings. The lowest BCUT2D eigenvalue weighted by atomic mass is 9.59. The summed E-state index contributed by atoms with van der Waals surface area (Å²) in [6.45, 7) is 3.68. The molecule has 3 atom stereocenters. The summed E-state index contributed by atoms with van der Waals surface area (Å²) in [5.74, 6) is -0.416. The molecule has 2 N–H and O–H groups in total. The average molecular weight is 264 g/mol. The van der Waals surface area contributed by atoms with Gasteiger partial charge in [-0.25, -0.2) is 4.79 Å². The van der Waals surface area contributed by atoms with Gasteiger partial charge in [0.2, 0.25) is 0 Å². The maximum absolute atomic E-state index is 11.7. The fourth-order valence-electron chi connectivity index (χ4n) is 3.91. The number of esters is 1. The van der Waals surface area contributed by atoms with Crippen molar-refractivity contribution in [2.75, 3.05) is 6.61 Å². The molecule has 0 aromatic rings. The summed E-state index contributed by atoms with van der Waals surface area (Å²) in [6.07, 6.45) is 5.09. The summed E-state index contributed by atoms with van der Waals surface area (Å²) < 4.78 is 5.35. The van der Waals surface area contributed by atoms with Crippen LogP contribution in [0.1, 0.15) is 39.5 Å². The molecule has 0 aromatic heterocycles. The molecule has 3 rings (SSSR count). The fraction of sp³-hybridized carbons (Fsp3) is 0.667. The zero-order chi connectivity index (χ0) is 13.8. The van der Waals surface area contributed by atoms with Crippen LogP contribution in [0.25, 0.3) is 0 Å². The van der Waals surface area contributed by atoms with Crippen LogP contribution in [0.5, 0.6) is 0 Å². The second kappa shape index (κ2) is 3.93. The number of hydrogen-bond acceptors (Lipinski definition) is 4. The number of rotatable bonds is 1. The van der Waals surface area contributed by atoms with Crippen LogP contribution >= 0.6 is 0 Å². The molecule has 104 valence electrons. The molecule has 19 heavy (non-hydrogen) atoms. The highest BCUT2D eigenvalue weighted by Crippen LogP contribution is 2.54. The van der Waals surface area contributed by atoms with Gasteiger partial charge in [-0.1, -0.05) is 13.0 Å². The van der Waals surface area contributed by atoms with Crippen molar-refractivity contribution in [3.8, 4) is 0 Å². The summed E-state index contributed by atoms with van der Waals surface area (Å²) in [4.78, 5) is 11.7. The standard InChI is InChI=1S/C15H20O4/c1-14-4-3-5-15(2,18)12(14)6-9-10(8-16)13(17)19-11(9)7-14/h6,11,16,18H,3-5,7-8H2,1-2H3. The van der Waals surface area contributed by atoms with E-state index < -0.39 is 11.6 Å². The Morgan fingerprint density at radius 2 is 2.16 bits per heavy atom. The van der Waals surface area contributed by atoms with Crippen molar-refractivity contribution in [2.45, 2.75) is 51.2 Å². The summed E-state index contributed by atoms with van der Waals surface area (Å²) >= 11 is 0. The van der Waals surface area contributed by atoms with Crippen molar-refractivity contribution in [3.63, 3.8) is 0 Å². The Morgan fingerprint density at radius 3 is 2.84 bits per heavy atom. The molecule has 0 amide bonds. The number of aliphatic hydroxyl groups excluding tert-OH is 1. The van der Waals surface area contributed by atoms with Crippen LogP contribution in [0.4, 0.5) is 0 Å². The van der Waals surface area contributed by atoms with Gasteiger partial charge in [-0.2, -0.15) is 0 Å². The smallest absolute Gasteiger partial charge is 0.337 e. The van der Waals surface area contributed by atoms with Crippen molar-refractivity contribution in [3.05, 3.63) is 22.8 Å². The first-order valence-electron chi connectivity index (χ1n) is 6.87. The van der Waals surface area contributed by atoms with Crippen LogP contribution in [0.3, 0.4) is 0 Å². The van der Waals surface area contributed by atoms with Crippen molar-refractivity contribution >= 4 is 5.97 Å². The van der Waals surface area contributed by atoms with E-state index in [0.717, 1.165) is 30.4 Å². The van der Waals surface area contributed by atoms with Crippen molar-refractivity contribution in [2.24, 2.45) is 5.41 Å². The first-order chi connectivity index (χ1) is 8.87. The van der Waals surface area contributed by atoms with Crippen LogP contribution < -0.4 is 0 Å². The van der Waals surface area contributed by atoms with E-state index in [9.17, 15) is 15.0 Å². The molecule has 4 heteroatoms. The van der Waals surface area contributed by atoms with Crippen molar-refractivity contribution in [1.82, 2.24) is 0 Å². The Bertz CT molecular complexity index is 500. The van der Waals surface area contributed by atoms with Gasteiger partial charge in [0.15, 0.2) is 0 Å². The van der Waals surface area contributed by atoms with Gasteiger partial charge >= 0.3 is 5.97 Å². The summed E-state index contributed by atoms with van der Waals surface area (Å²) in [5.41, 5.74) is 1.17. The number of carbonyl (C=O) groups is 1. The first kappa shape index (κ1) is 12.9. The normalized spacial score (nSPS) is 41.6. The van der Waals surface area contributed by atoms with Crippen LogP contribution in [0.15, 0.2) is 22.8 Å². The molecule has 1 heterocycles. The number of hydrogen-bond donors (Lipinski definition) is 2. The average Bonchev–Trinajstić information content (AvgIpc) is 2.60. The van der Waals surface area contributed by atoms with Gasteiger partial charge in [-0.15, -0.1) is 0 Å². The highest BCUT2D eigenvalue weighted by Gasteiger charge is 2.50. The number of carbonyl (C=O) groups excluding carboxylic acids is 1. The van der Waals surface area contributed by atoms with E-state index in [4.69, 9.17) is 4.74 Å². The minimum atomic E-state index is -0.822. The van der Waals surface area contributed by atoms with E-state index in [0.29, 0.717) is 12.0 Å². The Morgan fingerprint density at radius 1 is 1.42 bits per heavy atom. The molecule has 0 spiro atoms. The minimum absolute atomic E-state index is 0.110.